The molecule has 86 valence electrons. The van der Waals surface area contributed by atoms with Crippen molar-refractivity contribution in [2.45, 2.75) is 20.3 Å². The van der Waals surface area contributed by atoms with Crippen molar-refractivity contribution < 1.29 is 9.23 Å². The van der Waals surface area contributed by atoms with Gasteiger partial charge in [0.2, 0.25) is 0 Å². The van der Waals surface area contributed by atoms with E-state index in [1.807, 2.05) is 19.9 Å². The Morgan fingerprint density at radius 1 is 1.38 bits per heavy atom. The number of aryl methyl sites for hydroxylation is 2. The van der Waals surface area contributed by atoms with E-state index in [1.165, 1.54) is 6.07 Å². The van der Waals surface area contributed by atoms with Crippen LogP contribution in [0, 0.1) is 19.7 Å². The largest absolute Gasteiger partial charge is 0.356 e. The van der Waals surface area contributed by atoms with Gasteiger partial charge in [-0.05, 0) is 43.5 Å². The number of nitrogens with one attached hydrogen (secondary N) is 1. The van der Waals surface area contributed by atoms with Crippen LogP contribution in [0.2, 0.25) is 0 Å². The zero-order valence-electron chi connectivity index (χ0n) is 9.43. The zero-order valence-corrected chi connectivity index (χ0v) is 9.43. The Bertz CT molecular complexity index is 519. The molecule has 0 atom stereocenters. The first kappa shape index (κ1) is 11.1. The Hall–Kier alpha value is -1.39. The molecule has 0 bridgehead atoms. The fraction of sp³-hybridized carbons (Fsp3) is 0.333. The van der Waals surface area contributed by atoms with E-state index in [1.54, 1.807) is 0 Å². The van der Waals surface area contributed by atoms with Crippen LogP contribution < -0.4 is 5.90 Å². The summed E-state index contributed by atoms with van der Waals surface area (Å²) in [6, 6.07) is 3.51. The van der Waals surface area contributed by atoms with E-state index in [2.05, 4.69) is 9.82 Å². The molecule has 0 saturated carbocycles. The van der Waals surface area contributed by atoms with Gasteiger partial charge < -0.3 is 9.82 Å². The number of rotatable bonds is 3. The molecule has 0 fully saturated rings. The first-order valence-corrected chi connectivity index (χ1v) is 5.22. The Morgan fingerprint density at radius 2 is 2.12 bits per heavy atom. The molecule has 2 rings (SSSR count). The van der Waals surface area contributed by atoms with Crippen molar-refractivity contribution in [1.82, 2.24) is 4.98 Å². The van der Waals surface area contributed by atoms with E-state index in [0.29, 0.717) is 18.5 Å². The van der Waals surface area contributed by atoms with E-state index in [4.69, 9.17) is 5.90 Å². The quantitative estimate of drug-likeness (QED) is 0.783. The van der Waals surface area contributed by atoms with E-state index in [-0.39, 0.29) is 5.82 Å². The van der Waals surface area contributed by atoms with Crippen LogP contribution in [0.4, 0.5) is 4.39 Å². The molecule has 16 heavy (non-hydrogen) atoms. The summed E-state index contributed by atoms with van der Waals surface area (Å²) in [5.41, 5.74) is 3.57. The van der Waals surface area contributed by atoms with Gasteiger partial charge in [0.05, 0.1) is 12.1 Å². The van der Waals surface area contributed by atoms with E-state index < -0.39 is 0 Å². The van der Waals surface area contributed by atoms with Crippen LogP contribution in [0.1, 0.15) is 16.8 Å². The van der Waals surface area contributed by atoms with Gasteiger partial charge in [-0.25, -0.2) is 10.3 Å². The van der Waals surface area contributed by atoms with Crippen LogP contribution in [0.15, 0.2) is 12.1 Å². The summed E-state index contributed by atoms with van der Waals surface area (Å²) < 4.78 is 13.8. The Balaban J connectivity index is 2.52. The number of H-pyrrole nitrogens is 1. The summed E-state index contributed by atoms with van der Waals surface area (Å²) in [5.74, 6) is 4.74. The minimum atomic E-state index is -0.222. The maximum atomic E-state index is 13.8. The molecule has 0 saturated heterocycles. The Morgan fingerprint density at radius 3 is 2.81 bits per heavy atom. The molecule has 0 radical (unpaired) electrons. The molecule has 0 aliphatic heterocycles. The summed E-state index contributed by atoms with van der Waals surface area (Å²) in [5, 5.41) is 0.935. The minimum absolute atomic E-state index is 0.222. The normalized spacial score (nSPS) is 11.2. The number of halogens is 1. The van der Waals surface area contributed by atoms with Gasteiger partial charge in [0, 0.05) is 11.1 Å². The second kappa shape index (κ2) is 4.23. The van der Waals surface area contributed by atoms with Gasteiger partial charge in [-0.1, -0.05) is 0 Å². The number of aromatic nitrogens is 1. The van der Waals surface area contributed by atoms with E-state index in [9.17, 15) is 4.39 Å². The molecular formula is C12H15FN2O. The highest BCUT2D eigenvalue weighted by Crippen LogP contribution is 2.25. The van der Waals surface area contributed by atoms with Gasteiger partial charge in [0.15, 0.2) is 0 Å². The average molecular weight is 222 g/mol. The number of hydrogen-bond acceptors (Lipinski definition) is 2. The molecule has 0 spiro atoms. The first-order valence-electron chi connectivity index (χ1n) is 5.22. The SMILES string of the molecule is Cc1[nH]c2c(F)cc(CCON)cc2c1C. The fourth-order valence-electron chi connectivity index (χ4n) is 1.89. The summed E-state index contributed by atoms with van der Waals surface area (Å²) in [6.07, 6.45) is 0.618. The maximum Gasteiger partial charge on any atom is 0.147 e. The van der Waals surface area contributed by atoms with Crippen LogP contribution >= 0.6 is 0 Å². The second-order valence-corrected chi connectivity index (χ2v) is 4.00. The third kappa shape index (κ3) is 1.81. The smallest absolute Gasteiger partial charge is 0.147 e. The summed E-state index contributed by atoms with van der Waals surface area (Å²) in [7, 11) is 0. The van der Waals surface area contributed by atoms with E-state index >= 15 is 0 Å². The number of benzene rings is 1. The molecule has 0 aliphatic rings. The average Bonchev–Trinajstić information content (AvgIpc) is 2.54. The van der Waals surface area contributed by atoms with Crippen molar-refractivity contribution >= 4 is 10.9 Å². The highest BCUT2D eigenvalue weighted by Gasteiger charge is 2.10. The molecule has 3 nitrogen and oxygen atoms in total. The predicted octanol–water partition coefficient (Wildman–Crippen LogP) is 2.36. The minimum Gasteiger partial charge on any atom is -0.356 e. The van der Waals surface area contributed by atoms with E-state index in [0.717, 1.165) is 22.2 Å². The maximum absolute atomic E-state index is 13.8. The van der Waals surface area contributed by atoms with Crippen molar-refractivity contribution in [3.05, 3.63) is 34.8 Å². The lowest BCUT2D eigenvalue weighted by Crippen LogP contribution is -2.03. The van der Waals surface area contributed by atoms with Crippen LogP contribution in [0.25, 0.3) is 10.9 Å². The monoisotopic (exact) mass is 222 g/mol. The van der Waals surface area contributed by atoms with Crippen molar-refractivity contribution in [3.8, 4) is 0 Å². The topological polar surface area (TPSA) is 51.0 Å². The molecule has 0 unspecified atom stereocenters. The lowest BCUT2D eigenvalue weighted by atomic mass is 10.1. The number of aromatic amines is 1. The molecule has 4 heteroatoms. The molecule has 1 aromatic heterocycles. The lowest BCUT2D eigenvalue weighted by Gasteiger charge is -2.02. The van der Waals surface area contributed by atoms with Gasteiger partial charge in [0.25, 0.3) is 0 Å². The third-order valence-electron chi connectivity index (χ3n) is 2.94. The molecule has 0 amide bonds. The van der Waals surface area contributed by atoms with Crippen molar-refractivity contribution in [3.63, 3.8) is 0 Å². The van der Waals surface area contributed by atoms with Crippen molar-refractivity contribution in [1.29, 1.82) is 0 Å². The Kier molecular flexibility index (Phi) is 2.94. The van der Waals surface area contributed by atoms with Gasteiger partial charge >= 0.3 is 0 Å². The standard InChI is InChI=1S/C12H15FN2O/c1-7-8(2)15-12-10(7)5-9(3-4-16-14)6-11(12)13/h5-6,15H,3-4,14H2,1-2H3. The Labute approximate surface area is 93.4 Å². The van der Waals surface area contributed by atoms with Crippen LogP contribution in [-0.4, -0.2) is 11.6 Å². The molecule has 3 N–H and O–H groups in total. The van der Waals surface area contributed by atoms with Crippen LogP contribution in [-0.2, 0) is 11.3 Å². The van der Waals surface area contributed by atoms with Crippen LogP contribution in [0.5, 0.6) is 0 Å². The first-order chi connectivity index (χ1) is 7.63. The number of hydrogen-bond donors (Lipinski definition) is 2. The number of nitrogens with two attached hydrogens (primary N) is 1. The van der Waals surface area contributed by atoms with Gasteiger partial charge in [-0.3, -0.25) is 0 Å². The second-order valence-electron chi connectivity index (χ2n) is 4.00. The van der Waals surface area contributed by atoms with Gasteiger partial charge in [-0.15, -0.1) is 0 Å². The molecule has 1 aromatic carbocycles. The number of fused-ring (bicyclic) bond motifs is 1. The van der Waals surface area contributed by atoms with Gasteiger partial charge in [-0.2, -0.15) is 0 Å². The van der Waals surface area contributed by atoms with Gasteiger partial charge in [0.1, 0.15) is 5.82 Å². The van der Waals surface area contributed by atoms with Crippen molar-refractivity contribution in [2.24, 2.45) is 5.90 Å². The fourth-order valence-corrected chi connectivity index (χ4v) is 1.89. The highest BCUT2D eigenvalue weighted by molar-refractivity contribution is 5.85. The van der Waals surface area contributed by atoms with Crippen molar-refractivity contribution in [2.75, 3.05) is 6.61 Å². The predicted molar refractivity (Wildman–Crippen MR) is 61.6 cm³/mol. The molecule has 0 aliphatic carbocycles. The molecule has 2 aromatic rings. The lowest BCUT2D eigenvalue weighted by molar-refractivity contribution is 0.141. The summed E-state index contributed by atoms with van der Waals surface area (Å²) in [4.78, 5) is 7.55. The summed E-state index contributed by atoms with van der Waals surface area (Å²) >= 11 is 0. The summed E-state index contributed by atoms with van der Waals surface area (Å²) in [6.45, 7) is 4.32. The molecule has 1 heterocycles. The third-order valence-corrected chi connectivity index (χ3v) is 2.94. The zero-order chi connectivity index (χ0) is 11.7. The highest BCUT2D eigenvalue weighted by atomic mass is 19.1. The molecular weight excluding hydrogens is 207 g/mol. The van der Waals surface area contributed by atoms with Crippen LogP contribution in [0.3, 0.4) is 0 Å².